The molecule has 1 aliphatic rings. The minimum absolute atomic E-state index is 0.104. The zero-order chi connectivity index (χ0) is 15.5. The SMILES string of the molecule is Cc1cn(C)c(C2CN(C(=O)Cc3cccnc3)CCO2)n1. The summed E-state index contributed by atoms with van der Waals surface area (Å²) in [6, 6.07) is 3.77. The summed E-state index contributed by atoms with van der Waals surface area (Å²) in [7, 11) is 1.95. The first-order chi connectivity index (χ1) is 10.6. The fourth-order valence-electron chi connectivity index (χ4n) is 2.76. The van der Waals surface area contributed by atoms with Gasteiger partial charge >= 0.3 is 0 Å². The number of rotatable bonds is 3. The van der Waals surface area contributed by atoms with Gasteiger partial charge in [-0.2, -0.15) is 0 Å². The number of ether oxygens (including phenoxy) is 1. The average molecular weight is 300 g/mol. The Morgan fingerprint density at radius 3 is 3.05 bits per heavy atom. The number of carbonyl (C=O) groups excluding carboxylic acids is 1. The third-order valence-electron chi connectivity index (χ3n) is 3.82. The van der Waals surface area contributed by atoms with E-state index in [0.29, 0.717) is 26.1 Å². The van der Waals surface area contributed by atoms with E-state index < -0.39 is 0 Å². The molecule has 0 radical (unpaired) electrons. The van der Waals surface area contributed by atoms with Crippen LogP contribution in [0.25, 0.3) is 0 Å². The molecular weight excluding hydrogens is 280 g/mol. The summed E-state index contributed by atoms with van der Waals surface area (Å²) < 4.78 is 7.77. The van der Waals surface area contributed by atoms with Crippen molar-refractivity contribution in [1.82, 2.24) is 19.4 Å². The van der Waals surface area contributed by atoms with Crippen LogP contribution in [0.1, 0.15) is 23.2 Å². The zero-order valence-electron chi connectivity index (χ0n) is 12.9. The molecule has 0 N–H and O–H groups in total. The quantitative estimate of drug-likeness (QED) is 0.856. The lowest BCUT2D eigenvalue weighted by molar-refractivity contribution is -0.138. The molecule has 3 heterocycles. The maximum atomic E-state index is 12.4. The first-order valence-electron chi connectivity index (χ1n) is 7.41. The Balaban J connectivity index is 1.68. The van der Waals surface area contributed by atoms with Gasteiger partial charge in [0.05, 0.1) is 25.3 Å². The minimum Gasteiger partial charge on any atom is -0.367 e. The maximum Gasteiger partial charge on any atom is 0.227 e. The van der Waals surface area contributed by atoms with Gasteiger partial charge in [-0.15, -0.1) is 0 Å². The Labute approximate surface area is 129 Å². The van der Waals surface area contributed by atoms with E-state index in [0.717, 1.165) is 17.1 Å². The van der Waals surface area contributed by atoms with Gasteiger partial charge in [-0.1, -0.05) is 6.07 Å². The van der Waals surface area contributed by atoms with Gasteiger partial charge in [-0.05, 0) is 18.6 Å². The normalized spacial score (nSPS) is 18.5. The van der Waals surface area contributed by atoms with Gasteiger partial charge in [0.2, 0.25) is 5.91 Å². The molecule has 22 heavy (non-hydrogen) atoms. The highest BCUT2D eigenvalue weighted by Crippen LogP contribution is 2.21. The first-order valence-corrected chi connectivity index (χ1v) is 7.41. The second-order valence-corrected chi connectivity index (χ2v) is 5.59. The monoisotopic (exact) mass is 300 g/mol. The number of carbonyl (C=O) groups is 1. The van der Waals surface area contributed by atoms with E-state index in [2.05, 4.69) is 9.97 Å². The van der Waals surface area contributed by atoms with Gasteiger partial charge in [-0.25, -0.2) is 4.98 Å². The van der Waals surface area contributed by atoms with E-state index in [4.69, 9.17) is 4.74 Å². The van der Waals surface area contributed by atoms with Crippen molar-refractivity contribution in [2.24, 2.45) is 7.05 Å². The van der Waals surface area contributed by atoms with Crippen molar-refractivity contribution in [2.45, 2.75) is 19.4 Å². The van der Waals surface area contributed by atoms with E-state index >= 15 is 0 Å². The minimum atomic E-state index is -0.162. The van der Waals surface area contributed by atoms with Gasteiger partial charge in [0, 0.05) is 32.2 Å². The lowest BCUT2D eigenvalue weighted by Gasteiger charge is -2.32. The molecule has 2 aromatic heterocycles. The standard InChI is InChI=1S/C16H20N4O2/c1-12-10-19(2)16(18-12)14-11-20(6-7-22-14)15(21)8-13-4-3-5-17-9-13/h3-5,9-10,14H,6-8,11H2,1-2H3. The van der Waals surface area contributed by atoms with Crippen LogP contribution < -0.4 is 0 Å². The average Bonchev–Trinajstić information content (AvgIpc) is 2.87. The van der Waals surface area contributed by atoms with Crippen LogP contribution in [0.5, 0.6) is 0 Å². The van der Waals surface area contributed by atoms with E-state index in [1.54, 1.807) is 12.4 Å². The van der Waals surface area contributed by atoms with Crippen molar-refractivity contribution >= 4 is 5.91 Å². The summed E-state index contributed by atoms with van der Waals surface area (Å²) in [5.41, 5.74) is 1.89. The number of pyridine rings is 1. The van der Waals surface area contributed by atoms with Crippen molar-refractivity contribution in [3.63, 3.8) is 0 Å². The fourth-order valence-corrected chi connectivity index (χ4v) is 2.76. The summed E-state index contributed by atoms with van der Waals surface area (Å²) in [4.78, 5) is 22.9. The van der Waals surface area contributed by atoms with E-state index in [9.17, 15) is 4.79 Å². The van der Waals surface area contributed by atoms with Crippen LogP contribution in [0.3, 0.4) is 0 Å². The van der Waals surface area contributed by atoms with Crippen molar-refractivity contribution in [1.29, 1.82) is 0 Å². The largest absolute Gasteiger partial charge is 0.367 e. The summed E-state index contributed by atoms with van der Waals surface area (Å²) >= 11 is 0. The number of hydrogen-bond acceptors (Lipinski definition) is 4. The van der Waals surface area contributed by atoms with Crippen LogP contribution in [0, 0.1) is 6.92 Å². The Bertz CT molecular complexity index is 653. The van der Waals surface area contributed by atoms with Crippen LogP contribution in [-0.2, 0) is 23.0 Å². The van der Waals surface area contributed by atoms with E-state index in [-0.39, 0.29) is 12.0 Å². The predicted molar refractivity (Wildman–Crippen MR) is 81.2 cm³/mol. The molecule has 1 unspecified atom stereocenters. The summed E-state index contributed by atoms with van der Waals surface area (Å²) in [6.07, 6.45) is 5.63. The lowest BCUT2D eigenvalue weighted by atomic mass is 10.1. The van der Waals surface area contributed by atoms with Crippen LogP contribution in [-0.4, -0.2) is 45.0 Å². The molecule has 0 aromatic carbocycles. The number of imidazole rings is 1. The van der Waals surface area contributed by atoms with E-state index in [1.807, 2.05) is 41.8 Å². The molecule has 3 rings (SSSR count). The second kappa shape index (κ2) is 6.27. The molecule has 0 aliphatic carbocycles. The Kier molecular flexibility index (Phi) is 4.20. The highest BCUT2D eigenvalue weighted by atomic mass is 16.5. The zero-order valence-corrected chi connectivity index (χ0v) is 12.9. The van der Waals surface area contributed by atoms with Crippen molar-refractivity contribution in [3.8, 4) is 0 Å². The summed E-state index contributed by atoms with van der Waals surface area (Å²) in [5, 5.41) is 0. The van der Waals surface area contributed by atoms with Gasteiger partial charge in [0.25, 0.3) is 0 Å². The molecule has 6 nitrogen and oxygen atoms in total. The second-order valence-electron chi connectivity index (χ2n) is 5.59. The molecule has 1 aliphatic heterocycles. The van der Waals surface area contributed by atoms with Crippen LogP contribution in [0.15, 0.2) is 30.7 Å². The number of aromatic nitrogens is 3. The maximum absolute atomic E-state index is 12.4. The van der Waals surface area contributed by atoms with Gasteiger partial charge in [0.1, 0.15) is 11.9 Å². The Morgan fingerprint density at radius 2 is 2.36 bits per heavy atom. The number of morpholine rings is 1. The van der Waals surface area contributed by atoms with Crippen LogP contribution >= 0.6 is 0 Å². The van der Waals surface area contributed by atoms with Gasteiger partial charge in [0.15, 0.2) is 0 Å². The third-order valence-corrected chi connectivity index (χ3v) is 3.82. The molecule has 0 saturated carbocycles. The highest BCUT2D eigenvalue weighted by molar-refractivity contribution is 5.78. The number of hydrogen-bond donors (Lipinski definition) is 0. The number of aryl methyl sites for hydroxylation is 2. The molecule has 6 heteroatoms. The molecule has 1 fully saturated rings. The first kappa shape index (κ1) is 14.7. The Morgan fingerprint density at radius 1 is 1.50 bits per heavy atom. The third kappa shape index (κ3) is 3.17. The van der Waals surface area contributed by atoms with Crippen molar-refractivity contribution in [2.75, 3.05) is 19.7 Å². The fraction of sp³-hybridized carbons (Fsp3) is 0.438. The molecule has 116 valence electrons. The molecule has 2 aromatic rings. The highest BCUT2D eigenvalue weighted by Gasteiger charge is 2.28. The predicted octanol–water partition coefficient (Wildman–Crippen LogP) is 1.27. The smallest absolute Gasteiger partial charge is 0.227 e. The van der Waals surface area contributed by atoms with Gasteiger partial charge in [-0.3, -0.25) is 9.78 Å². The molecule has 0 spiro atoms. The molecule has 1 atom stereocenters. The van der Waals surface area contributed by atoms with E-state index in [1.165, 1.54) is 0 Å². The summed E-state index contributed by atoms with van der Waals surface area (Å²) in [6.45, 7) is 3.66. The van der Waals surface area contributed by atoms with Crippen LogP contribution in [0.2, 0.25) is 0 Å². The molecule has 0 bridgehead atoms. The number of nitrogens with zero attached hydrogens (tertiary/aromatic N) is 4. The Hall–Kier alpha value is -2.21. The van der Waals surface area contributed by atoms with Crippen LogP contribution in [0.4, 0.5) is 0 Å². The molecule has 1 amide bonds. The topological polar surface area (TPSA) is 60.2 Å². The van der Waals surface area contributed by atoms with Gasteiger partial charge < -0.3 is 14.2 Å². The lowest BCUT2D eigenvalue weighted by Crippen LogP contribution is -2.43. The number of amides is 1. The molecule has 1 saturated heterocycles. The van der Waals surface area contributed by atoms with Crippen molar-refractivity contribution < 1.29 is 9.53 Å². The van der Waals surface area contributed by atoms with Crippen molar-refractivity contribution in [3.05, 3.63) is 47.8 Å². The summed E-state index contributed by atoms with van der Waals surface area (Å²) in [5.74, 6) is 0.976. The molecular formula is C16H20N4O2.